The van der Waals surface area contributed by atoms with Crippen LogP contribution in [0.15, 0.2) is 42.5 Å². The molecule has 3 rings (SSSR count). The topological polar surface area (TPSA) is 47.3 Å². The molecule has 1 aliphatic heterocycles. The highest BCUT2D eigenvalue weighted by Crippen LogP contribution is 2.18. The summed E-state index contributed by atoms with van der Waals surface area (Å²) in [6.45, 7) is 1.87. The van der Waals surface area contributed by atoms with E-state index in [1.807, 2.05) is 54.4 Å². The fourth-order valence-corrected chi connectivity index (χ4v) is 2.70. The molecule has 1 heterocycles. The predicted molar refractivity (Wildman–Crippen MR) is 81.9 cm³/mol. The highest BCUT2D eigenvalue weighted by atomic mass is 16.2. The number of likely N-dealkylation sites (N-methyl/N-ethyl adjacent to an activating group) is 1. The number of piperazine rings is 1. The SMILES string of the molecule is CN1CCN(C(=O)c2ccc3ccccc3c2)C[C@@H]1C#N. The molecule has 1 atom stereocenters. The lowest BCUT2D eigenvalue weighted by molar-refractivity contribution is 0.0611. The third kappa shape index (κ3) is 2.61. The first kappa shape index (κ1) is 13.6. The molecule has 106 valence electrons. The highest BCUT2D eigenvalue weighted by molar-refractivity contribution is 5.98. The van der Waals surface area contributed by atoms with Gasteiger partial charge in [0.2, 0.25) is 0 Å². The maximum atomic E-state index is 12.6. The van der Waals surface area contributed by atoms with Crippen molar-refractivity contribution >= 4 is 16.7 Å². The third-order valence-electron chi connectivity index (χ3n) is 4.08. The van der Waals surface area contributed by atoms with Gasteiger partial charge in [0.1, 0.15) is 6.04 Å². The summed E-state index contributed by atoms with van der Waals surface area (Å²) in [7, 11) is 1.92. The summed E-state index contributed by atoms with van der Waals surface area (Å²) in [5, 5.41) is 11.3. The van der Waals surface area contributed by atoms with E-state index < -0.39 is 0 Å². The quantitative estimate of drug-likeness (QED) is 0.803. The molecular weight excluding hydrogens is 262 g/mol. The minimum Gasteiger partial charge on any atom is -0.335 e. The molecule has 0 aliphatic carbocycles. The van der Waals surface area contributed by atoms with E-state index in [1.165, 1.54) is 0 Å². The number of amides is 1. The number of fused-ring (bicyclic) bond motifs is 1. The lowest BCUT2D eigenvalue weighted by Gasteiger charge is -2.36. The first-order chi connectivity index (χ1) is 10.2. The van der Waals surface area contributed by atoms with Gasteiger partial charge >= 0.3 is 0 Å². The van der Waals surface area contributed by atoms with Crippen molar-refractivity contribution in [2.45, 2.75) is 6.04 Å². The van der Waals surface area contributed by atoms with E-state index in [-0.39, 0.29) is 11.9 Å². The van der Waals surface area contributed by atoms with Crippen LogP contribution in [0.5, 0.6) is 0 Å². The van der Waals surface area contributed by atoms with Crippen molar-refractivity contribution in [2.24, 2.45) is 0 Å². The Kier molecular flexibility index (Phi) is 3.59. The summed E-state index contributed by atoms with van der Waals surface area (Å²) in [4.78, 5) is 16.4. The smallest absolute Gasteiger partial charge is 0.254 e. The molecule has 0 unspecified atom stereocenters. The van der Waals surface area contributed by atoms with Crippen LogP contribution < -0.4 is 0 Å². The summed E-state index contributed by atoms with van der Waals surface area (Å²) < 4.78 is 0. The van der Waals surface area contributed by atoms with Gasteiger partial charge in [0.15, 0.2) is 0 Å². The molecule has 21 heavy (non-hydrogen) atoms. The minimum absolute atomic E-state index is 0.00843. The molecule has 1 aliphatic rings. The number of carbonyl (C=O) groups is 1. The number of hydrogen-bond donors (Lipinski definition) is 0. The van der Waals surface area contributed by atoms with Crippen molar-refractivity contribution in [3.8, 4) is 6.07 Å². The van der Waals surface area contributed by atoms with Gasteiger partial charge in [-0.15, -0.1) is 0 Å². The first-order valence-corrected chi connectivity index (χ1v) is 7.07. The van der Waals surface area contributed by atoms with Crippen molar-refractivity contribution in [1.82, 2.24) is 9.80 Å². The van der Waals surface area contributed by atoms with Gasteiger partial charge in [0.25, 0.3) is 5.91 Å². The summed E-state index contributed by atoms with van der Waals surface area (Å²) in [6.07, 6.45) is 0. The van der Waals surface area contributed by atoms with Crippen molar-refractivity contribution in [1.29, 1.82) is 5.26 Å². The molecule has 1 amide bonds. The van der Waals surface area contributed by atoms with E-state index >= 15 is 0 Å². The zero-order valence-corrected chi connectivity index (χ0v) is 12.0. The van der Waals surface area contributed by atoms with Gasteiger partial charge in [-0.05, 0) is 30.0 Å². The molecule has 0 radical (unpaired) electrons. The Morgan fingerprint density at radius 2 is 1.95 bits per heavy atom. The number of rotatable bonds is 1. The monoisotopic (exact) mass is 279 g/mol. The molecule has 2 aromatic rings. The van der Waals surface area contributed by atoms with Gasteiger partial charge in [0.05, 0.1) is 6.07 Å². The van der Waals surface area contributed by atoms with E-state index in [0.29, 0.717) is 18.7 Å². The fourth-order valence-electron chi connectivity index (χ4n) is 2.70. The number of nitrogens with zero attached hydrogens (tertiary/aromatic N) is 3. The second-order valence-electron chi connectivity index (χ2n) is 5.44. The third-order valence-corrected chi connectivity index (χ3v) is 4.08. The zero-order valence-electron chi connectivity index (χ0n) is 12.0. The Hall–Kier alpha value is -2.38. The number of nitriles is 1. The van der Waals surface area contributed by atoms with E-state index in [2.05, 4.69) is 6.07 Å². The Morgan fingerprint density at radius 3 is 2.71 bits per heavy atom. The van der Waals surface area contributed by atoms with Crippen LogP contribution in [0.25, 0.3) is 10.8 Å². The van der Waals surface area contributed by atoms with Crippen molar-refractivity contribution in [3.63, 3.8) is 0 Å². The van der Waals surface area contributed by atoms with Crippen LogP contribution in [0.4, 0.5) is 0 Å². The van der Waals surface area contributed by atoms with Crippen molar-refractivity contribution in [3.05, 3.63) is 48.0 Å². The first-order valence-electron chi connectivity index (χ1n) is 7.07. The molecule has 0 aromatic heterocycles. The maximum Gasteiger partial charge on any atom is 0.254 e. The van der Waals surface area contributed by atoms with E-state index in [4.69, 9.17) is 5.26 Å². The van der Waals surface area contributed by atoms with Gasteiger partial charge in [-0.2, -0.15) is 5.26 Å². The number of carbonyl (C=O) groups excluding carboxylic acids is 1. The predicted octanol–water partition coefficient (Wildman–Crippen LogP) is 2.12. The normalized spacial score (nSPS) is 19.4. The lowest BCUT2D eigenvalue weighted by Crippen LogP contribution is -2.52. The van der Waals surface area contributed by atoms with Gasteiger partial charge in [-0.25, -0.2) is 0 Å². The molecule has 0 N–H and O–H groups in total. The number of hydrogen-bond acceptors (Lipinski definition) is 3. The van der Waals surface area contributed by atoms with Crippen LogP contribution >= 0.6 is 0 Å². The molecular formula is C17H17N3O. The molecule has 0 saturated carbocycles. The molecule has 4 nitrogen and oxygen atoms in total. The zero-order chi connectivity index (χ0) is 14.8. The summed E-state index contributed by atoms with van der Waals surface area (Å²) in [5.74, 6) is 0.00843. The van der Waals surface area contributed by atoms with Crippen LogP contribution in [0.3, 0.4) is 0 Å². The molecule has 0 spiro atoms. The van der Waals surface area contributed by atoms with Crippen molar-refractivity contribution in [2.75, 3.05) is 26.7 Å². The van der Waals surface area contributed by atoms with Gasteiger partial charge in [-0.1, -0.05) is 30.3 Å². The Labute approximate surface area is 124 Å². The second kappa shape index (κ2) is 5.55. The Balaban J connectivity index is 1.85. The summed E-state index contributed by atoms with van der Waals surface area (Å²) >= 11 is 0. The van der Waals surface area contributed by atoms with Crippen LogP contribution in [0, 0.1) is 11.3 Å². The van der Waals surface area contributed by atoms with Crippen LogP contribution in [-0.2, 0) is 0 Å². The number of benzene rings is 2. The Morgan fingerprint density at radius 1 is 1.19 bits per heavy atom. The standard InChI is InChI=1S/C17H17N3O/c1-19-8-9-20(12-16(19)11-18)17(21)15-7-6-13-4-2-3-5-14(13)10-15/h2-7,10,16H,8-9,12H2,1H3/t16-/m0/s1. The minimum atomic E-state index is -0.219. The molecule has 4 heteroatoms. The van der Waals surface area contributed by atoms with Crippen LogP contribution in [-0.4, -0.2) is 48.4 Å². The summed E-state index contributed by atoms with van der Waals surface area (Å²) in [6, 6.07) is 15.8. The highest BCUT2D eigenvalue weighted by Gasteiger charge is 2.27. The molecule has 2 aromatic carbocycles. The maximum absolute atomic E-state index is 12.6. The Bertz CT molecular complexity index is 719. The molecule has 1 saturated heterocycles. The van der Waals surface area contributed by atoms with E-state index in [1.54, 1.807) is 4.90 Å². The molecule has 1 fully saturated rings. The van der Waals surface area contributed by atoms with Gasteiger partial charge in [-0.3, -0.25) is 9.69 Å². The largest absolute Gasteiger partial charge is 0.335 e. The fraction of sp³-hybridized carbons (Fsp3) is 0.294. The second-order valence-corrected chi connectivity index (χ2v) is 5.44. The lowest BCUT2D eigenvalue weighted by atomic mass is 10.1. The van der Waals surface area contributed by atoms with Gasteiger partial charge < -0.3 is 4.90 Å². The van der Waals surface area contributed by atoms with Crippen LogP contribution in [0.2, 0.25) is 0 Å². The molecule has 0 bridgehead atoms. The van der Waals surface area contributed by atoms with Crippen molar-refractivity contribution < 1.29 is 4.79 Å². The van der Waals surface area contributed by atoms with E-state index in [9.17, 15) is 4.79 Å². The van der Waals surface area contributed by atoms with Gasteiger partial charge in [0, 0.05) is 25.2 Å². The summed E-state index contributed by atoms with van der Waals surface area (Å²) in [5.41, 5.74) is 0.690. The van der Waals surface area contributed by atoms with E-state index in [0.717, 1.165) is 17.3 Å². The van der Waals surface area contributed by atoms with Crippen LogP contribution in [0.1, 0.15) is 10.4 Å². The average molecular weight is 279 g/mol. The average Bonchev–Trinajstić information content (AvgIpc) is 2.54.